The summed E-state index contributed by atoms with van der Waals surface area (Å²) in [6, 6.07) is 16.3. The van der Waals surface area contributed by atoms with Gasteiger partial charge in [0, 0.05) is 5.69 Å². The maximum atomic E-state index is 13.2. The zero-order valence-electron chi connectivity index (χ0n) is 16.2. The Kier molecular flexibility index (Phi) is 5.76. The lowest BCUT2D eigenvalue weighted by Gasteiger charge is -2.20. The van der Waals surface area contributed by atoms with Crippen LogP contribution in [0.15, 0.2) is 75.1 Å². The first-order chi connectivity index (χ1) is 14.6. The highest BCUT2D eigenvalue weighted by Crippen LogP contribution is 2.26. The number of aryl methyl sites for hydroxylation is 1. The summed E-state index contributed by atoms with van der Waals surface area (Å²) >= 11 is 1.47. The number of carbonyl (C=O) groups excluding carboxylic acids is 2. The fraction of sp³-hybridized carbons (Fsp3) is 0.136. The highest BCUT2D eigenvalue weighted by molar-refractivity contribution is 7.13. The molecule has 0 saturated heterocycles. The van der Waals surface area contributed by atoms with E-state index in [1.54, 1.807) is 31.2 Å². The van der Waals surface area contributed by atoms with Gasteiger partial charge in [0.2, 0.25) is 11.8 Å². The number of carbonyl (C=O) groups is 2. The van der Waals surface area contributed by atoms with Gasteiger partial charge in [0.25, 0.3) is 5.91 Å². The van der Waals surface area contributed by atoms with Crippen LogP contribution >= 0.6 is 11.3 Å². The van der Waals surface area contributed by atoms with Crippen LogP contribution in [-0.2, 0) is 11.3 Å². The van der Waals surface area contributed by atoms with Crippen LogP contribution in [0.25, 0.3) is 10.8 Å². The summed E-state index contributed by atoms with van der Waals surface area (Å²) in [4.78, 5) is 32.4. The highest BCUT2D eigenvalue weighted by atomic mass is 32.1. The fourth-order valence-electron chi connectivity index (χ4n) is 2.94. The Morgan fingerprint density at radius 1 is 1.10 bits per heavy atom. The molecule has 0 saturated carbocycles. The van der Waals surface area contributed by atoms with Crippen LogP contribution in [0.2, 0.25) is 0 Å². The number of para-hydroxylation sites is 1. The minimum atomic E-state index is -0.404. The second-order valence-corrected chi connectivity index (χ2v) is 7.50. The molecule has 0 unspecified atom stereocenters. The third kappa shape index (κ3) is 4.49. The van der Waals surface area contributed by atoms with Crippen molar-refractivity contribution in [3.8, 4) is 10.8 Å². The molecule has 0 radical (unpaired) electrons. The molecule has 4 aromatic rings. The molecule has 4 rings (SSSR count). The molecular weight excluding hydrogens is 402 g/mol. The molecular formula is C22H19N3O4S. The molecule has 30 heavy (non-hydrogen) atoms. The maximum absolute atomic E-state index is 13.2. The van der Waals surface area contributed by atoms with Gasteiger partial charge in [-0.25, -0.2) is 4.98 Å². The van der Waals surface area contributed by atoms with E-state index in [9.17, 15) is 9.59 Å². The van der Waals surface area contributed by atoms with Crippen molar-refractivity contribution < 1.29 is 18.4 Å². The van der Waals surface area contributed by atoms with Crippen LogP contribution < -0.4 is 5.32 Å². The topological polar surface area (TPSA) is 88.6 Å². The molecule has 0 aliphatic rings. The van der Waals surface area contributed by atoms with Gasteiger partial charge in [-0.2, -0.15) is 0 Å². The third-order valence-electron chi connectivity index (χ3n) is 4.34. The molecule has 0 bridgehead atoms. The maximum Gasteiger partial charge on any atom is 0.276 e. The third-order valence-corrected chi connectivity index (χ3v) is 5.20. The molecule has 3 heterocycles. The summed E-state index contributed by atoms with van der Waals surface area (Å²) in [6.45, 7) is 1.66. The molecule has 7 nitrogen and oxygen atoms in total. The lowest BCUT2D eigenvalue weighted by Crippen LogP contribution is -2.38. The average Bonchev–Trinajstić information content (AvgIpc) is 3.50. The Bertz CT molecular complexity index is 1120. The van der Waals surface area contributed by atoms with Gasteiger partial charge in [-0.1, -0.05) is 24.3 Å². The molecule has 152 valence electrons. The first-order valence-corrected chi connectivity index (χ1v) is 10.2. The van der Waals surface area contributed by atoms with Gasteiger partial charge in [-0.05, 0) is 42.6 Å². The molecule has 0 fully saturated rings. The summed E-state index contributed by atoms with van der Waals surface area (Å²) in [7, 11) is 0. The van der Waals surface area contributed by atoms with Gasteiger partial charge in [0.05, 0.1) is 17.7 Å². The van der Waals surface area contributed by atoms with E-state index >= 15 is 0 Å². The SMILES string of the molecule is Cc1oc(-c2cccs2)nc1C(=O)N(CC(=O)Nc1ccccc1)Cc1ccco1. The van der Waals surface area contributed by atoms with E-state index in [2.05, 4.69) is 10.3 Å². The van der Waals surface area contributed by atoms with Gasteiger partial charge in [-0.3, -0.25) is 9.59 Å². The molecule has 1 aromatic carbocycles. The van der Waals surface area contributed by atoms with Gasteiger partial charge < -0.3 is 19.1 Å². The Hall–Kier alpha value is -3.65. The van der Waals surface area contributed by atoms with E-state index in [0.29, 0.717) is 23.1 Å². The van der Waals surface area contributed by atoms with Gasteiger partial charge in [0.1, 0.15) is 18.1 Å². The second kappa shape index (κ2) is 8.79. The number of oxazole rings is 1. The molecule has 0 aliphatic heterocycles. The summed E-state index contributed by atoms with van der Waals surface area (Å²) in [5.74, 6) is 0.628. The number of nitrogens with one attached hydrogen (secondary N) is 1. The number of benzene rings is 1. The van der Waals surface area contributed by atoms with Crippen LogP contribution in [0, 0.1) is 6.92 Å². The van der Waals surface area contributed by atoms with Crippen molar-refractivity contribution in [2.24, 2.45) is 0 Å². The molecule has 3 aromatic heterocycles. The van der Waals surface area contributed by atoms with E-state index < -0.39 is 5.91 Å². The van der Waals surface area contributed by atoms with Crippen molar-refractivity contribution in [2.75, 3.05) is 11.9 Å². The van der Waals surface area contributed by atoms with E-state index in [4.69, 9.17) is 8.83 Å². The molecule has 1 N–H and O–H groups in total. The number of rotatable bonds is 7. The number of hydrogen-bond donors (Lipinski definition) is 1. The van der Waals surface area contributed by atoms with Crippen LogP contribution in [0.1, 0.15) is 22.0 Å². The Morgan fingerprint density at radius 2 is 1.93 bits per heavy atom. The average molecular weight is 421 g/mol. The zero-order chi connectivity index (χ0) is 20.9. The largest absolute Gasteiger partial charge is 0.467 e. The minimum absolute atomic E-state index is 0.134. The zero-order valence-corrected chi connectivity index (χ0v) is 17.0. The number of thiophene rings is 1. The Balaban J connectivity index is 1.56. The molecule has 0 aliphatic carbocycles. The molecule has 2 amide bonds. The minimum Gasteiger partial charge on any atom is -0.467 e. The number of aromatic nitrogens is 1. The number of anilines is 1. The fourth-order valence-corrected chi connectivity index (χ4v) is 3.58. The van der Waals surface area contributed by atoms with E-state index in [1.807, 2.05) is 35.7 Å². The smallest absolute Gasteiger partial charge is 0.276 e. The lowest BCUT2D eigenvalue weighted by atomic mass is 10.2. The van der Waals surface area contributed by atoms with Crippen molar-refractivity contribution in [1.82, 2.24) is 9.88 Å². The van der Waals surface area contributed by atoms with E-state index in [0.717, 1.165) is 4.88 Å². The van der Waals surface area contributed by atoms with Crippen molar-refractivity contribution in [1.29, 1.82) is 0 Å². The van der Waals surface area contributed by atoms with Crippen LogP contribution in [0.5, 0.6) is 0 Å². The Morgan fingerprint density at radius 3 is 2.63 bits per heavy atom. The van der Waals surface area contributed by atoms with Crippen LogP contribution in [-0.4, -0.2) is 28.2 Å². The number of hydrogen-bond acceptors (Lipinski definition) is 6. The highest BCUT2D eigenvalue weighted by Gasteiger charge is 2.26. The monoisotopic (exact) mass is 421 g/mol. The van der Waals surface area contributed by atoms with E-state index in [-0.39, 0.29) is 24.7 Å². The van der Waals surface area contributed by atoms with Gasteiger partial charge >= 0.3 is 0 Å². The van der Waals surface area contributed by atoms with Crippen molar-refractivity contribution in [2.45, 2.75) is 13.5 Å². The van der Waals surface area contributed by atoms with Gasteiger partial charge in [0.15, 0.2) is 5.69 Å². The summed E-state index contributed by atoms with van der Waals surface area (Å²) in [5.41, 5.74) is 0.836. The number of amides is 2. The van der Waals surface area contributed by atoms with Crippen LogP contribution in [0.3, 0.4) is 0 Å². The normalized spacial score (nSPS) is 10.7. The van der Waals surface area contributed by atoms with Crippen molar-refractivity contribution >= 4 is 28.8 Å². The van der Waals surface area contributed by atoms with Gasteiger partial charge in [-0.15, -0.1) is 11.3 Å². The molecule has 0 spiro atoms. The molecule has 0 atom stereocenters. The second-order valence-electron chi connectivity index (χ2n) is 6.56. The molecule has 8 heteroatoms. The quantitative estimate of drug-likeness (QED) is 0.472. The standard InChI is InChI=1S/C22H19N3O4S/c1-15-20(24-21(29-15)18-10-6-12-30-18)22(27)25(13-17-9-5-11-28-17)14-19(26)23-16-7-3-2-4-8-16/h2-12H,13-14H2,1H3,(H,23,26). The predicted molar refractivity (Wildman–Crippen MR) is 113 cm³/mol. The summed E-state index contributed by atoms with van der Waals surface area (Å²) < 4.78 is 11.1. The van der Waals surface area contributed by atoms with E-state index in [1.165, 1.54) is 22.5 Å². The predicted octanol–water partition coefficient (Wildman–Crippen LogP) is 4.59. The lowest BCUT2D eigenvalue weighted by molar-refractivity contribution is -0.117. The van der Waals surface area contributed by atoms with Crippen molar-refractivity contribution in [3.63, 3.8) is 0 Å². The number of nitrogens with zero attached hydrogens (tertiary/aromatic N) is 2. The van der Waals surface area contributed by atoms with Crippen LogP contribution in [0.4, 0.5) is 5.69 Å². The summed E-state index contributed by atoms with van der Waals surface area (Å²) in [5, 5.41) is 4.71. The van der Waals surface area contributed by atoms with Crippen molar-refractivity contribution in [3.05, 3.63) is 83.5 Å². The first kappa shape index (κ1) is 19.7. The number of furan rings is 1. The first-order valence-electron chi connectivity index (χ1n) is 9.28. The summed E-state index contributed by atoms with van der Waals surface area (Å²) in [6.07, 6.45) is 1.53. The Labute approximate surface area is 177 Å².